The molecule has 0 aliphatic heterocycles. The van der Waals surface area contributed by atoms with E-state index in [0.717, 1.165) is 18.4 Å². The van der Waals surface area contributed by atoms with Gasteiger partial charge >= 0.3 is 0 Å². The van der Waals surface area contributed by atoms with Crippen LogP contribution in [0.25, 0.3) is 0 Å². The Bertz CT molecular complexity index is 495. The van der Waals surface area contributed by atoms with Gasteiger partial charge in [-0.25, -0.2) is 0 Å². The maximum absolute atomic E-state index is 6.11. The lowest BCUT2D eigenvalue weighted by molar-refractivity contribution is 0.650. The first-order chi connectivity index (χ1) is 8.16. The van der Waals surface area contributed by atoms with Crippen LogP contribution in [0.2, 0.25) is 5.02 Å². The van der Waals surface area contributed by atoms with Crippen LogP contribution in [0.1, 0.15) is 23.6 Å². The molecule has 1 atom stereocenters. The Morgan fingerprint density at radius 2 is 2.29 bits per heavy atom. The predicted octanol–water partition coefficient (Wildman–Crippen LogP) is 2.10. The largest absolute Gasteiger partial charge is 0.324 e. The van der Waals surface area contributed by atoms with Gasteiger partial charge < -0.3 is 5.73 Å². The molecule has 4 nitrogen and oxygen atoms in total. The van der Waals surface area contributed by atoms with E-state index in [1.807, 2.05) is 25.5 Å². The first-order valence-corrected chi connectivity index (χ1v) is 5.87. The molecule has 0 spiro atoms. The molecule has 0 fully saturated rings. The highest BCUT2D eigenvalue weighted by Gasteiger charge is 2.10. The zero-order chi connectivity index (χ0) is 12.3. The first kappa shape index (κ1) is 12.1. The summed E-state index contributed by atoms with van der Waals surface area (Å²) in [5.41, 5.74) is 8.25. The average Bonchev–Trinajstić information content (AvgIpc) is 2.73. The van der Waals surface area contributed by atoms with Crippen LogP contribution in [0, 0.1) is 0 Å². The van der Waals surface area contributed by atoms with Crippen molar-refractivity contribution in [1.82, 2.24) is 14.8 Å². The molecule has 5 heteroatoms. The predicted molar refractivity (Wildman–Crippen MR) is 67.7 cm³/mol. The molecule has 90 valence electrons. The van der Waals surface area contributed by atoms with Crippen molar-refractivity contribution in [3.63, 3.8) is 0 Å². The van der Waals surface area contributed by atoms with Crippen LogP contribution in [-0.4, -0.2) is 14.8 Å². The van der Waals surface area contributed by atoms with Crippen LogP contribution in [0.5, 0.6) is 0 Å². The standard InChI is InChI=1S/C12H15ClN4/c1-17-8-9(6-16-17)2-3-12(14)10-4-5-15-7-11(10)13/h4-8,12H,2-3,14H2,1H3. The fraction of sp³-hybridized carbons (Fsp3) is 0.333. The fourth-order valence-electron chi connectivity index (χ4n) is 1.77. The molecule has 2 rings (SSSR count). The fourth-order valence-corrected chi connectivity index (χ4v) is 2.02. The summed E-state index contributed by atoms with van der Waals surface area (Å²) in [6, 6.07) is 1.81. The van der Waals surface area contributed by atoms with E-state index in [2.05, 4.69) is 10.1 Å². The Morgan fingerprint density at radius 1 is 1.47 bits per heavy atom. The van der Waals surface area contributed by atoms with Crippen molar-refractivity contribution < 1.29 is 0 Å². The van der Waals surface area contributed by atoms with Crippen molar-refractivity contribution >= 4 is 11.6 Å². The maximum Gasteiger partial charge on any atom is 0.0637 e. The molecule has 0 saturated heterocycles. The Kier molecular flexibility index (Phi) is 3.76. The molecule has 1 unspecified atom stereocenters. The molecule has 2 aromatic heterocycles. The molecule has 0 bridgehead atoms. The van der Waals surface area contributed by atoms with Crippen molar-refractivity contribution in [2.24, 2.45) is 12.8 Å². The number of hydrogen-bond acceptors (Lipinski definition) is 3. The van der Waals surface area contributed by atoms with Gasteiger partial charge in [-0.05, 0) is 30.0 Å². The Hall–Kier alpha value is -1.39. The normalized spacial score (nSPS) is 12.6. The minimum absolute atomic E-state index is 0.0642. The molecule has 17 heavy (non-hydrogen) atoms. The summed E-state index contributed by atoms with van der Waals surface area (Å²) in [6.07, 6.45) is 8.94. The van der Waals surface area contributed by atoms with E-state index in [1.165, 1.54) is 5.56 Å². The van der Waals surface area contributed by atoms with Crippen LogP contribution >= 0.6 is 11.6 Å². The minimum Gasteiger partial charge on any atom is -0.324 e. The summed E-state index contributed by atoms with van der Waals surface area (Å²) < 4.78 is 1.79. The Balaban J connectivity index is 1.98. The van der Waals surface area contributed by atoms with E-state index in [1.54, 1.807) is 17.1 Å². The number of hydrogen-bond donors (Lipinski definition) is 1. The zero-order valence-corrected chi connectivity index (χ0v) is 10.4. The molecule has 0 aromatic carbocycles. The SMILES string of the molecule is Cn1cc(CCC(N)c2ccncc2Cl)cn1. The highest BCUT2D eigenvalue weighted by molar-refractivity contribution is 6.31. The number of aromatic nitrogens is 3. The lowest BCUT2D eigenvalue weighted by atomic mass is 10.0. The lowest BCUT2D eigenvalue weighted by Crippen LogP contribution is -2.11. The molecule has 2 heterocycles. The van der Waals surface area contributed by atoms with Gasteiger partial charge in [0.2, 0.25) is 0 Å². The molecule has 2 N–H and O–H groups in total. The highest BCUT2D eigenvalue weighted by atomic mass is 35.5. The van der Waals surface area contributed by atoms with Gasteiger partial charge in [0.05, 0.1) is 11.2 Å². The molecule has 0 saturated carbocycles. The average molecular weight is 251 g/mol. The van der Waals surface area contributed by atoms with E-state index in [9.17, 15) is 0 Å². The number of nitrogens with zero attached hydrogens (tertiary/aromatic N) is 3. The maximum atomic E-state index is 6.11. The topological polar surface area (TPSA) is 56.7 Å². The number of rotatable bonds is 4. The second-order valence-corrected chi connectivity index (χ2v) is 4.47. The highest BCUT2D eigenvalue weighted by Crippen LogP contribution is 2.23. The van der Waals surface area contributed by atoms with Crippen molar-refractivity contribution in [2.45, 2.75) is 18.9 Å². The van der Waals surface area contributed by atoms with Crippen LogP contribution in [0.4, 0.5) is 0 Å². The van der Waals surface area contributed by atoms with Crippen molar-refractivity contribution in [1.29, 1.82) is 0 Å². The van der Waals surface area contributed by atoms with Gasteiger partial charge in [-0.1, -0.05) is 11.6 Å². The summed E-state index contributed by atoms with van der Waals surface area (Å²) >= 11 is 6.05. The summed E-state index contributed by atoms with van der Waals surface area (Å²) in [5.74, 6) is 0. The molecular formula is C12H15ClN4. The Morgan fingerprint density at radius 3 is 2.94 bits per heavy atom. The van der Waals surface area contributed by atoms with Gasteiger partial charge in [-0.2, -0.15) is 5.10 Å². The molecule has 0 aliphatic carbocycles. The summed E-state index contributed by atoms with van der Waals surface area (Å²) in [7, 11) is 1.91. The van der Waals surface area contributed by atoms with Gasteiger partial charge in [0.1, 0.15) is 0 Å². The van der Waals surface area contributed by atoms with Gasteiger partial charge in [-0.3, -0.25) is 9.67 Å². The summed E-state index contributed by atoms with van der Waals surface area (Å²) in [6.45, 7) is 0. The second kappa shape index (κ2) is 5.29. The molecule has 2 aromatic rings. The van der Waals surface area contributed by atoms with E-state index in [-0.39, 0.29) is 6.04 Å². The van der Waals surface area contributed by atoms with Gasteiger partial charge in [0.15, 0.2) is 0 Å². The van der Waals surface area contributed by atoms with Crippen LogP contribution in [-0.2, 0) is 13.5 Å². The van der Waals surface area contributed by atoms with Crippen LogP contribution in [0.15, 0.2) is 30.9 Å². The minimum atomic E-state index is -0.0642. The number of aryl methyl sites for hydroxylation is 2. The molecule has 0 amide bonds. The lowest BCUT2D eigenvalue weighted by Gasteiger charge is -2.12. The quantitative estimate of drug-likeness (QED) is 0.904. The van der Waals surface area contributed by atoms with E-state index < -0.39 is 0 Å². The number of nitrogens with two attached hydrogens (primary N) is 1. The third kappa shape index (κ3) is 3.05. The van der Waals surface area contributed by atoms with Gasteiger partial charge in [-0.15, -0.1) is 0 Å². The van der Waals surface area contributed by atoms with Gasteiger partial charge in [0.25, 0.3) is 0 Å². The number of halogens is 1. The smallest absolute Gasteiger partial charge is 0.0637 e. The summed E-state index contributed by atoms with van der Waals surface area (Å²) in [4.78, 5) is 3.95. The molecule has 0 aliphatic rings. The second-order valence-electron chi connectivity index (χ2n) is 4.06. The Labute approximate surface area is 105 Å². The van der Waals surface area contributed by atoms with Crippen molar-refractivity contribution in [3.05, 3.63) is 47.0 Å². The van der Waals surface area contributed by atoms with Crippen LogP contribution in [0.3, 0.4) is 0 Å². The zero-order valence-electron chi connectivity index (χ0n) is 9.68. The van der Waals surface area contributed by atoms with E-state index in [4.69, 9.17) is 17.3 Å². The summed E-state index contributed by atoms with van der Waals surface area (Å²) in [5, 5.41) is 4.76. The molecule has 0 radical (unpaired) electrons. The third-order valence-corrected chi connectivity index (χ3v) is 3.02. The van der Waals surface area contributed by atoms with Gasteiger partial charge in [0, 0.05) is 31.7 Å². The monoisotopic (exact) mass is 250 g/mol. The molecular weight excluding hydrogens is 236 g/mol. The third-order valence-electron chi connectivity index (χ3n) is 2.71. The van der Waals surface area contributed by atoms with Crippen molar-refractivity contribution in [3.8, 4) is 0 Å². The van der Waals surface area contributed by atoms with Crippen LogP contribution < -0.4 is 5.73 Å². The van der Waals surface area contributed by atoms with Crippen molar-refractivity contribution in [2.75, 3.05) is 0 Å². The van der Waals surface area contributed by atoms with E-state index >= 15 is 0 Å². The number of pyridine rings is 1. The van der Waals surface area contributed by atoms with E-state index in [0.29, 0.717) is 5.02 Å². The first-order valence-electron chi connectivity index (χ1n) is 5.49.